The van der Waals surface area contributed by atoms with Gasteiger partial charge >= 0.3 is 0 Å². The number of anilines is 1. The van der Waals surface area contributed by atoms with Gasteiger partial charge in [0.2, 0.25) is 5.91 Å². The Hall–Kier alpha value is -2.21. The number of aryl methyl sites for hydroxylation is 1. The van der Waals surface area contributed by atoms with Crippen LogP contribution in [0.25, 0.3) is 0 Å². The van der Waals surface area contributed by atoms with Gasteiger partial charge in [0.15, 0.2) is 6.17 Å². The summed E-state index contributed by atoms with van der Waals surface area (Å²) >= 11 is 0. The Morgan fingerprint density at radius 1 is 1.18 bits per heavy atom. The van der Waals surface area contributed by atoms with Crippen LogP contribution in [0.5, 0.6) is 0 Å². The van der Waals surface area contributed by atoms with Gasteiger partial charge in [0.05, 0.1) is 5.69 Å². The molecule has 2 bridgehead atoms. The van der Waals surface area contributed by atoms with E-state index in [-0.39, 0.29) is 18.4 Å². The van der Waals surface area contributed by atoms with Gasteiger partial charge in [-0.25, -0.2) is 0 Å². The predicted molar refractivity (Wildman–Crippen MR) is 110 cm³/mol. The molecule has 6 nitrogen and oxygen atoms in total. The monoisotopic (exact) mass is 382 g/mol. The number of hydrogen-bond donors (Lipinski definition) is 1. The van der Waals surface area contributed by atoms with E-state index in [2.05, 4.69) is 4.99 Å². The molecule has 0 radical (unpaired) electrons. The molecule has 1 unspecified atom stereocenters. The summed E-state index contributed by atoms with van der Waals surface area (Å²) in [4.78, 5) is 34.3. The first-order valence-electron chi connectivity index (χ1n) is 10.5. The number of nitrogens with two attached hydrogens (primary N) is 1. The zero-order chi connectivity index (χ0) is 19.8. The summed E-state index contributed by atoms with van der Waals surface area (Å²) in [6.07, 6.45) is 4.61. The minimum Gasteiger partial charge on any atom is -0.341 e. The zero-order valence-corrected chi connectivity index (χ0v) is 16.9. The average Bonchev–Trinajstić information content (AvgIpc) is 3.07. The summed E-state index contributed by atoms with van der Waals surface area (Å²) in [6.45, 7) is 5.66. The van der Waals surface area contributed by atoms with Crippen LogP contribution in [0.1, 0.15) is 50.2 Å². The van der Waals surface area contributed by atoms with E-state index in [1.807, 2.05) is 36.9 Å². The molecule has 150 valence electrons. The molecule has 28 heavy (non-hydrogen) atoms. The van der Waals surface area contributed by atoms with Gasteiger partial charge in [-0.15, -0.1) is 0 Å². The third kappa shape index (κ3) is 3.46. The van der Waals surface area contributed by atoms with E-state index >= 15 is 0 Å². The quantitative estimate of drug-likeness (QED) is 0.872. The molecule has 1 aromatic carbocycles. The first-order valence-corrected chi connectivity index (χ1v) is 10.5. The molecule has 6 heteroatoms. The van der Waals surface area contributed by atoms with E-state index in [1.54, 1.807) is 4.90 Å². The molecule has 1 atom stereocenters. The maximum atomic E-state index is 13.2. The van der Waals surface area contributed by atoms with Gasteiger partial charge in [0.25, 0.3) is 5.91 Å². The normalized spacial score (nSPS) is 27.2. The van der Waals surface area contributed by atoms with E-state index in [9.17, 15) is 9.59 Å². The number of fused-ring (bicyclic) bond motifs is 5. The lowest BCUT2D eigenvalue weighted by atomic mass is 9.84. The Morgan fingerprint density at radius 2 is 1.82 bits per heavy atom. The van der Waals surface area contributed by atoms with Gasteiger partial charge in [0, 0.05) is 24.4 Å². The molecular formula is C22H30N4O2. The van der Waals surface area contributed by atoms with Gasteiger partial charge < -0.3 is 10.6 Å². The molecule has 0 spiro atoms. The number of carbonyl (C=O) groups excluding carboxylic acids is 2. The fourth-order valence-electron chi connectivity index (χ4n) is 4.98. The molecule has 3 heterocycles. The second kappa shape index (κ2) is 7.66. The van der Waals surface area contributed by atoms with Gasteiger partial charge in [-0.1, -0.05) is 25.1 Å². The van der Waals surface area contributed by atoms with E-state index in [1.165, 1.54) is 25.7 Å². The molecule has 2 amide bonds. The van der Waals surface area contributed by atoms with Crippen molar-refractivity contribution in [3.63, 3.8) is 0 Å². The van der Waals surface area contributed by atoms with Crippen molar-refractivity contribution in [1.29, 1.82) is 0 Å². The largest absolute Gasteiger partial charge is 0.341 e. The SMILES string of the molecule is CCC1=NC(N)C(=O)N(CC(=O)N2CC3CCC(CC3)C2)c2c(C)cccc21. The number of benzene rings is 1. The fraction of sp³-hybridized carbons (Fsp3) is 0.591. The molecule has 3 aliphatic heterocycles. The summed E-state index contributed by atoms with van der Waals surface area (Å²) in [5.74, 6) is 0.932. The number of rotatable bonds is 3. The standard InChI is InChI=1S/C22H30N4O2/c1-3-18-17-6-4-5-14(2)20(17)26(22(28)21(23)24-18)13-19(27)25-11-15-7-8-16(12-25)10-9-15/h4-6,15-16,21H,3,7-13,23H2,1-2H3. The first-order chi connectivity index (χ1) is 13.5. The van der Waals surface area contributed by atoms with E-state index in [4.69, 9.17) is 5.73 Å². The summed E-state index contributed by atoms with van der Waals surface area (Å²) in [7, 11) is 0. The lowest BCUT2D eigenvalue weighted by Gasteiger charge is -2.29. The number of hydrogen-bond acceptors (Lipinski definition) is 4. The van der Waals surface area contributed by atoms with Crippen molar-refractivity contribution in [2.24, 2.45) is 22.6 Å². The van der Waals surface area contributed by atoms with Crippen molar-refractivity contribution < 1.29 is 9.59 Å². The van der Waals surface area contributed by atoms with Crippen LogP contribution in [0.15, 0.2) is 23.2 Å². The lowest BCUT2D eigenvalue weighted by molar-refractivity contribution is -0.132. The summed E-state index contributed by atoms with van der Waals surface area (Å²) in [5, 5.41) is 0. The molecular weight excluding hydrogens is 352 g/mol. The topological polar surface area (TPSA) is 79.0 Å². The smallest absolute Gasteiger partial charge is 0.266 e. The Labute approximate surface area is 166 Å². The lowest BCUT2D eigenvalue weighted by Crippen LogP contribution is -2.49. The maximum absolute atomic E-state index is 13.2. The van der Waals surface area contributed by atoms with Crippen molar-refractivity contribution >= 4 is 23.2 Å². The highest BCUT2D eigenvalue weighted by Gasteiger charge is 2.35. The second-order valence-corrected chi connectivity index (χ2v) is 8.46. The van der Waals surface area contributed by atoms with Crippen LogP contribution in [0.4, 0.5) is 5.69 Å². The summed E-state index contributed by atoms with van der Waals surface area (Å²) < 4.78 is 0. The van der Waals surface area contributed by atoms with Crippen molar-refractivity contribution in [1.82, 2.24) is 4.90 Å². The van der Waals surface area contributed by atoms with Crippen molar-refractivity contribution in [3.05, 3.63) is 29.3 Å². The molecule has 1 aliphatic carbocycles. The Bertz CT molecular complexity index is 797. The van der Waals surface area contributed by atoms with E-state index in [0.29, 0.717) is 18.3 Å². The number of benzodiazepines with no additional fused rings is 1. The first kappa shape index (κ1) is 19.1. The van der Waals surface area contributed by atoms with Crippen molar-refractivity contribution in [2.45, 2.75) is 52.1 Å². The van der Waals surface area contributed by atoms with E-state index in [0.717, 1.165) is 35.6 Å². The van der Waals surface area contributed by atoms with Crippen LogP contribution in [-0.4, -0.2) is 48.2 Å². The van der Waals surface area contributed by atoms with Gasteiger partial charge in [0.1, 0.15) is 6.54 Å². The van der Waals surface area contributed by atoms with Crippen LogP contribution in [0.2, 0.25) is 0 Å². The zero-order valence-electron chi connectivity index (χ0n) is 16.9. The molecule has 1 saturated carbocycles. The predicted octanol–water partition coefficient (Wildman–Crippen LogP) is 2.47. The third-order valence-electron chi connectivity index (χ3n) is 6.54. The fourth-order valence-corrected chi connectivity index (χ4v) is 4.98. The van der Waals surface area contributed by atoms with Crippen LogP contribution in [-0.2, 0) is 9.59 Å². The summed E-state index contributed by atoms with van der Waals surface area (Å²) in [6, 6.07) is 5.91. The number of para-hydroxylation sites is 1. The van der Waals surface area contributed by atoms with Crippen molar-refractivity contribution in [3.8, 4) is 0 Å². The highest BCUT2D eigenvalue weighted by molar-refractivity contribution is 6.14. The van der Waals surface area contributed by atoms with Crippen LogP contribution < -0.4 is 10.6 Å². The van der Waals surface area contributed by atoms with Gasteiger partial charge in [-0.2, -0.15) is 0 Å². The summed E-state index contributed by atoms with van der Waals surface area (Å²) in [5.41, 5.74) is 9.57. The molecule has 2 saturated heterocycles. The average molecular weight is 383 g/mol. The van der Waals surface area contributed by atoms with Crippen LogP contribution >= 0.6 is 0 Å². The second-order valence-electron chi connectivity index (χ2n) is 8.46. The molecule has 5 rings (SSSR count). The third-order valence-corrected chi connectivity index (χ3v) is 6.54. The molecule has 4 aliphatic rings. The number of carbonyl (C=O) groups is 2. The Morgan fingerprint density at radius 3 is 2.43 bits per heavy atom. The number of amides is 2. The van der Waals surface area contributed by atoms with Gasteiger partial charge in [-0.05, 0) is 56.4 Å². The minimum atomic E-state index is -0.963. The molecule has 0 aromatic heterocycles. The minimum absolute atomic E-state index is 0.0218. The maximum Gasteiger partial charge on any atom is 0.266 e. The number of nitrogens with zero attached hydrogens (tertiary/aromatic N) is 3. The van der Waals surface area contributed by atoms with Crippen LogP contribution in [0.3, 0.4) is 0 Å². The molecule has 2 N–H and O–H groups in total. The number of aliphatic imine (C=N–C) groups is 1. The highest BCUT2D eigenvalue weighted by atomic mass is 16.2. The van der Waals surface area contributed by atoms with Crippen molar-refractivity contribution in [2.75, 3.05) is 24.5 Å². The van der Waals surface area contributed by atoms with Crippen LogP contribution in [0, 0.1) is 18.8 Å². The molecule has 1 aromatic rings. The van der Waals surface area contributed by atoms with E-state index < -0.39 is 6.17 Å². The molecule has 3 fully saturated rings. The Balaban J connectivity index is 1.65. The van der Waals surface area contributed by atoms with Gasteiger partial charge in [-0.3, -0.25) is 19.5 Å². The Kier molecular flexibility index (Phi) is 5.23. The highest BCUT2D eigenvalue weighted by Crippen LogP contribution is 2.34.